The van der Waals surface area contributed by atoms with E-state index in [0.29, 0.717) is 185 Å². The molecule has 2 aliphatic rings. The van der Waals surface area contributed by atoms with Crippen LogP contribution >= 0.6 is 0 Å². The summed E-state index contributed by atoms with van der Waals surface area (Å²) in [5.74, 6) is -0.0325. The van der Waals surface area contributed by atoms with Crippen molar-refractivity contribution < 1.29 is 76.6 Å². The fraction of sp³-hybridized carbons (Fsp3) is 0.912. The number of ether oxygens (including phenoxy) is 14. The van der Waals surface area contributed by atoms with E-state index in [2.05, 4.69) is 0 Å². The first-order valence-corrected chi connectivity index (χ1v) is 17.6. The highest BCUT2D eigenvalue weighted by molar-refractivity contribution is 5.87. The first-order valence-electron chi connectivity index (χ1n) is 17.6. The van der Waals surface area contributed by atoms with Crippen LogP contribution in [0.25, 0.3) is 0 Å². The molecule has 2 rings (SSSR count). The lowest BCUT2D eigenvalue weighted by molar-refractivity contribution is -0.112. The lowest BCUT2D eigenvalue weighted by atomic mass is 10.1. The van der Waals surface area contributed by atoms with Crippen molar-refractivity contribution in [2.24, 2.45) is 0 Å². The summed E-state index contributed by atoms with van der Waals surface area (Å²) in [5, 5.41) is 0. The van der Waals surface area contributed by atoms with Gasteiger partial charge in [-0.1, -0.05) is 0 Å². The summed E-state index contributed by atoms with van der Waals surface area (Å²) in [6.07, 6.45) is 2.44. The van der Waals surface area contributed by atoms with Gasteiger partial charge in [0, 0.05) is 6.61 Å². The van der Waals surface area contributed by atoms with E-state index in [9.17, 15) is 4.79 Å². The highest BCUT2D eigenvalue weighted by Crippen LogP contribution is 2.09. The lowest BCUT2D eigenvalue weighted by Gasteiger charge is -2.20. The molecular weight excluding hydrogens is 664 g/mol. The third-order valence-corrected chi connectivity index (χ3v) is 6.83. The topological polar surface area (TPSA) is 178 Å². The monoisotopic (exact) mass is 728 g/mol. The second-order valence-corrected chi connectivity index (χ2v) is 11.1. The highest BCUT2D eigenvalue weighted by Gasteiger charge is 2.13. The zero-order valence-electron chi connectivity index (χ0n) is 30.2. The molecule has 0 aromatic heterocycles. The predicted octanol–water partition coefficient (Wildman–Crippen LogP) is 0.454. The van der Waals surface area contributed by atoms with Crippen molar-refractivity contribution in [2.45, 2.75) is 32.0 Å². The molecule has 0 aromatic carbocycles. The van der Waals surface area contributed by atoms with Gasteiger partial charge in [0.2, 0.25) is 0 Å². The summed E-state index contributed by atoms with van der Waals surface area (Å²) < 4.78 is 79.5. The number of rotatable bonds is 11. The second kappa shape index (κ2) is 36.2. The second-order valence-electron chi connectivity index (χ2n) is 11.1. The smallest absolute Gasteiger partial charge is 0.152 e. The first kappa shape index (κ1) is 46.8. The third kappa shape index (κ3) is 30.4. The van der Waals surface area contributed by atoms with Crippen LogP contribution in [0.5, 0.6) is 0 Å². The standard InChI is InChI=1S/C34H62O15.H2O/c1-31(35)25-32(26-47-30-34-29-46-20-18-41-12-10-37-6-8-39-14-16-43-22-24-49-34)3-2-4-44-27-33-28-45-19-17-40-11-9-36-5-7-38-13-15-42-21-23-48-33;/h25,33-34H,2-24,26-30H2,1H3;1H2/b32-25+;. The predicted molar refractivity (Wildman–Crippen MR) is 181 cm³/mol. The Balaban J connectivity index is 0.0000125. The number of hydrogen-bond donors (Lipinski definition) is 0. The highest BCUT2D eigenvalue weighted by atomic mass is 16.6. The maximum Gasteiger partial charge on any atom is 0.152 e. The summed E-state index contributed by atoms with van der Waals surface area (Å²) in [6, 6.07) is 0. The molecule has 2 heterocycles. The lowest BCUT2D eigenvalue weighted by Crippen LogP contribution is -2.29. The molecule has 2 fully saturated rings. The van der Waals surface area contributed by atoms with Crippen LogP contribution in [0.2, 0.25) is 0 Å². The van der Waals surface area contributed by atoms with Gasteiger partial charge in [-0.15, -0.1) is 0 Å². The molecule has 2 N–H and O–H groups in total. The van der Waals surface area contributed by atoms with Crippen LogP contribution in [0.4, 0.5) is 0 Å². The van der Waals surface area contributed by atoms with Crippen LogP contribution in [-0.4, -0.2) is 195 Å². The molecule has 296 valence electrons. The van der Waals surface area contributed by atoms with Crippen molar-refractivity contribution in [3.8, 4) is 0 Å². The Morgan fingerprint density at radius 1 is 0.520 bits per heavy atom. The molecule has 2 unspecified atom stereocenters. The van der Waals surface area contributed by atoms with E-state index >= 15 is 0 Å². The Bertz CT molecular complexity index is 738. The summed E-state index contributed by atoms with van der Waals surface area (Å²) in [6.45, 7) is 13.3. The SMILES string of the molecule is CC(=O)/C=C(\CCCOCC1COCCOCCOCCOCCOCCO1)COCC1COCCOCCOCCOCCOCCO1.O. The van der Waals surface area contributed by atoms with Crippen molar-refractivity contribution >= 4 is 5.78 Å². The molecule has 2 aliphatic heterocycles. The van der Waals surface area contributed by atoms with E-state index < -0.39 is 0 Å². The van der Waals surface area contributed by atoms with Gasteiger partial charge < -0.3 is 71.8 Å². The molecule has 16 nitrogen and oxygen atoms in total. The van der Waals surface area contributed by atoms with Crippen LogP contribution in [0.3, 0.4) is 0 Å². The van der Waals surface area contributed by atoms with Crippen molar-refractivity contribution in [1.29, 1.82) is 0 Å². The van der Waals surface area contributed by atoms with Crippen molar-refractivity contribution in [1.82, 2.24) is 0 Å². The van der Waals surface area contributed by atoms with E-state index in [0.717, 1.165) is 5.57 Å². The van der Waals surface area contributed by atoms with Crippen molar-refractivity contribution in [2.75, 3.05) is 172 Å². The van der Waals surface area contributed by atoms with Gasteiger partial charge >= 0.3 is 0 Å². The quantitative estimate of drug-likeness (QED) is 0.212. The van der Waals surface area contributed by atoms with Crippen LogP contribution in [-0.2, 0) is 71.1 Å². The number of allylic oxidation sites excluding steroid dienone is 1. The third-order valence-electron chi connectivity index (χ3n) is 6.83. The minimum Gasteiger partial charge on any atom is -0.412 e. The van der Waals surface area contributed by atoms with Crippen LogP contribution in [0.15, 0.2) is 11.6 Å². The van der Waals surface area contributed by atoms with Crippen LogP contribution in [0.1, 0.15) is 19.8 Å². The van der Waals surface area contributed by atoms with Gasteiger partial charge in [-0.2, -0.15) is 0 Å². The maximum atomic E-state index is 11.9. The minimum atomic E-state index is -0.298. The molecular formula is C34H64O16. The van der Waals surface area contributed by atoms with Gasteiger partial charge in [-0.05, 0) is 31.4 Å². The molecule has 0 aromatic rings. The molecule has 0 spiro atoms. The number of carbonyl (C=O) groups is 1. The summed E-state index contributed by atoms with van der Waals surface area (Å²) in [5.41, 5.74) is 0.887. The molecule has 16 heteroatoms. The van der Waals surface area contributed by atoms with Crippen molar-refractivity contribution in [3.63, 3.8) is 0 Å². The fourth-order valence-corrected chi connectivity index (χ4v) is 4.44. The Labute approximate surface area is 297 Å². The Kier molecular flexibility index (Phi) is 33.9. The molecule has 2 atom stereocenters. The van der Waals surface area contributed by atoms with E-state index in [1.165, 1.54) is 6.92 Å². The average Bonchev–Trinajstić information content (AvgIpc) is 3.08. The fourth-order valence-electron chi connectivity index (χ4n) is 4.44. The van der Waals surface area contributed by atoms with Gasteiger partial charge in [-0.25, -0.2) is 0 Å². The molecule has 0 saturated carbocycles. The zero-order chi connectivity index (χ0) is 34.7. The van der Waals surface area contributed by atoms with Gasteiger partial charge in [0.25, 0.3) is 0 Å². The largest absolute Gasteiger partial charge is 0.412 e. The molecule has 50 heavy (non-hydrogen) atoms. The molecule has 0 radical (unpaired) electrons. The van der Waals surface area contributed by atoms with Crippen LogP contribution < -0.4 is 0 Å². The van der Waals surface area contributed by atoms with Gasteiger partial charge in [-0.3, -0.25) is 4.79 Å². The Morgan fingerprint density at radius 3 is 1.24 bits per heavy atom. The number of carbonyl (C=O) groups excluding carboxylic acids is 1. The summed E-state index contributed by atoms with van der Waals surface area (Å²) >= 11 is 0. The van der Waals surface area contributed by atoms with Gasteiger partial charge in [0.1, 0.15) is 12.2 Å². The van der Waals surface area contributed by atoms with Crippen molar-refractivity contribution in [3.05, 3.63) is 11.6 Å². The molecule has 0 bridgehead atoms. The summed E-state index contributed by atoms with van der Waals surface area (Å²) in [4.78, 5) is 11.9. The maximum absolute atomic E-state index is 11.9. The normalized spacial score (nSPS) is 24.1. The Hall–Kier alpha value is -1.19. The molecule has 0 aliphatic carbocycles. The number of hydrogen-bond acceptors (Lipinski definition) is 15. The van der Waals surface area contributed by atoms with E-state index in [-0.39, 0.29) is 23.5 Å². The Morgan fingerprint density at radius 2 is 0.860 bits per heavy atom. The minimum absolute atomic E-state index is 0. The zero-order valence-corrected chi connectivity index (χ0v) is 30.2. The molecule has 2 saturated heterocycles. The van der Waals surface area contributed by atoms with E-state index in [4.69, 9.17) is 66.3 Å². The van der Waals surface area contributed by atoms with Crippen LogP contribution in [0, 0.1) is 0 Å². The van der Waals surface area contributed by atoms with E-state index in [1.54, 1.807) is 6.08 Å². The summed E-state index contributed by atoms with van der Waals surface area (Å²) in [7, 11) is 0. The average molecular weight is 729 g/mol. The number of ketones is 1. The molecule has 0 amide bonds. The first-order chi connectivity index (χ1) is 24.2. The van der Waals surface area contributed by atoms with Gasteiger partial charge in [0.15, 0.2) is 5.78 Å². The van der Waals surface area contributed by atoms with E-state index in [1.807, 2.05) is 0 Å². The van der Waals surface area contributed by atoms with Gasteiger partial charge in [0.05, 0.1) is 165 Å².